The highest BCUT2D eigenvalue weighted by atomic mass is 35.5. The van der Waals surface area contributed by atoms with Crippen molar-refractivity contribution >= 4 is 23.3 Å². The van der Waals surface area contributed by atoms with E-state index in [1.54, 1.807) is 0 Å². The van der Waals surface area contributed by atoms with Crippen LogP contribution in [0.15, 0.2) is 6.20 Å². The average Bonchev–Trinajstić information content (AvgIpc) is 2.18. The Hall–Kier alpha value is -1.87. The highest BCUT2D eigenvalue weighted by molar-refractivity contribution is 6.28. The summed E-state index contributed by atoms with van der Waals surface area (Å²) in [6.07, 6.45) is 1.53. The Morgan fingerprint density at radius 3 is 3.07 bits per heavy atom. The lowest BCUT2D eigenvalue weighted by Gasteiger charge is -2.06. The normalized spacial score (nSPS) is 9.33. The molecule has 0 radical (unpaired) electrons. The summed E-state index contributed by atoms with van der Waals surface area (Å²) in [6.45, 7) is 0.365. The fourth-order valence-corrected chi connectivity index (χ4v) is 1.05. The summed E-state index contributed by atoms with van der Waals surface area (Å²) in [5.74, 6) is -0.399. The third-order valence-electron chi connectivity index (χ3n) is 1.55. The number of hydrogen-bond donors (Lipinski definition) is 2. The number of anilines is 1. The van der Waals surface area contributed by atoms with Crippen molar-refractivity contribution in [3.63, 3.8) is 0 Å². The molecule has 0 unspecified atom stereocenters. The van der Waals surface area contributed by atoms with Gasteiger partial charge in [-0.05, 0) is 11.6 Å². The van der Waals surface area contributed by atoms with Gasteiger partial charge in [0.15, 0.2) is 0 Å². The first-order valence-electron chi connectivity index (χ1n) is 4.08. The van der Waals surface area contributed by atoms with Gasteiger partial charge < -0.3 is 11.1 Å². The van der Waals surface area contributed by atoms with Crippen molar-refractivity contribution in [2.75, 3.05) is 11.9 Å². The number of halogens is 1. The predicted molar refractivity (Wildman–Crippen MR) is 54.3 cm³/mol. The van der Waals surface area contributed by atoms with Gasteiger partial charge in [0.1, 0.15) is 5.82 Å². The standard InChI is InChI=1S/C8H8ClN5O/c9-8-13-4-5(6(11)15)7(14-8)12-3-1-2-10/h4H,1,3H2,(H2,11,15)(H,12,13,14). The number of nitrogens with zero attached hydrogens (tertiary/aromatic N) is 3. The SMILES string of the molecule is N#CCCNc1nc(Cl)ncc1C(N)=O. The first kappa shape index (κ1) is 11.2. The van der Waals surface area contributed by atoms with Crippen molar-refractivity contribution < 1.29 is 4.79 Å². The van der Waals surface area contributed by atoms with E-state index in [-0.39, 0.29) is 16.7 Å². The van der Waals surface area contributed by atoms with Crippen LogP contribution in [0.4, 0.5) is 5.82 Å². The quantitative estimate of drug-likeness (QED) is 0.575. The molecule has 3 N–H and O–H groups in total. The number of amides is 1. The number of nitriles is 1. The Labute approximate surface area is 91.1 Å². The zero-order valence-electron chi connectivity index (χ0n) is 7.70. The molecule has 0 aliphatic carbocycles. The van der Waals surface area contributed by atoms with Crippen LogP contribution in [0.3, 0.4) is 0 Å². The van der Waals surface area contributed by atoms with E-state index in [1.165, 1.54) is 6.20 Å². The molecule has 0 aliphatic heterocycles. The van der Waals surface area contributed by atoms with E-state index >= 15 is 0 Å². The zero-order valence-corrected chi connectivity index (χ0v) is 8.45. The molecular weight excluding hydrogens is 218 g/mol. The Bertz CT molecular complexity index is 414. The first-order valence-corrected chi connectivity index (χ1v) is 4.46. The van der Waals surface area contributed by atoms with E-state index < -0.39 is 5.91 Å². The van der Waals surface area contributed by atoms with Crippen molar-refractivity contribution in [3.8, 4) is 6.07 Å². The topological polar surface area (TPSA) is 105 Å². The van der Waals surface area contributed by atoms with E-state index in [9.17, 15) is 4.79 Å². The smallest absolute Gasteiger partial charge is 0.254 e. The molecule has 7 heteroatoms. The molecule has 0 aliphatic rings. The lowest BCUT2D eigenvalue weighted by atomic mass is 10.3. The highest BCUT2D eigenvalue weighted by Crippen LogP contribution is 2.13. The molecule has 0 saturated carbocycles. The van der Waals surface area contributed by atoms with Crippen molar-refractivity contribution in [3.05, 3.63) is 17.0 Å². The number of nitrogens with one attached hydrogen (secondary N) is 1. The molecule has 0 atom stereocenters. The molecule has 15 heavy (non-hydrogen) atoms. The fourth-order valence-electron chi connectivity index (χ4n) is 0.912. The van der Waals surface area contributed by atoms with E-state index in [0.29, 0.717) is 13.0 Å². The van der Waals surface area contributed by atoms with Crippen LogP contribution >= 0.6 is 11.6 Å². The van der Waals surface area contributed by atoms with Gasteiger partial charge in [-0.25, -0.2) is 4.98 Å². The second-order valence-corrected chi connectivity index (χ2v) is 2.94. The number of carbonyl (C=O) groups excluding carboxylic acids is 1. The summed E-state index contributed by atoms with van der Waals surface area (Å²) < 4.78 is 0. The van der Waals surface area contributed by atoms with Gasteiger partial charge in [0.2, 0.25) is 5.28 Å². The number of rotatable bonds is 4. The van der Waals surface area contributed by atoms with E-state index in [2.05, 4.69) is 15.3 Å². The summed E-state index contributed by atoms with van der Waals surface area (Å²) in [5.41, 5.74) is 5.25. The molecule has 1 aromatic heterocycles. The van der Waals surface area contributed by atoms with Crippen LogP contribution in [0.1, 0.15) is 16.8 Å². The van der Waals surface area contributed by atoms with Crippen molar-refractivity contribution in [2.45, 2.75) is 6.42 Å². The molecule has 0 spiro atoms. The van der Waals surface area contributed by atoms with Gasteiger partial charge in [-0.3, -0.25) is 4.79 Å². The lowest BCUT2D eigenvalue weighted by Crippen LogP contribution is -2.16. The summed E-state index contributed by atoms with van der Waals surface area (Å²) in [5, 5.41) is 11.1. The highest BCUT2D eigenvalue weighted by Gasteiger charge is 2.10. The minimum Gasteiger partial charge on any atom is -0.368 e. The van der Waals surface area contributed by atoms with Crippen molar-refractivity contribution in [2.24, 2.45) is 5.73 Å². The molecule has 1 rings (SSSR count). The van der Waals surface area contributed by atoms with Gasteiger partial charge in [0.25, 0.3) is 5.91 Å². The number of nitrogens with two attached hydrogens (primary N) is 1. The molecule has 0 fully saturated rings. The maximum atomic E-state index is 11.0. The van der Waals surface area contributed by atoms with Crippen LogP contribution in [-0.4, -0.2) is 22.4 Å². The van der Waals surface area contributed by atoms with Crippen LogP contribution in [0.2, 0.25) is 5.28 Å². The van der Waals surface area contributed by atoms with Gasteiger partial charge in [0.05, 0.1) is 18.1 Å². The zero-order chi connectivity index (χ0) is 11.3. The molecule has 6 nitrogen and oxygen atoms in total. The Kier molecular flexibility index (Phi) is 3.83. The minimum absolute atomic E-state index is 0.0134. The lowest BCUT2D eigenvalue weighted by molar-refractivity contribution is 0.100. The van der Waals surface area contributed by atoms with Crippen LogP contribution in [0.5, 0.6) is 0 Å². The number of primary amides is 1. The monoisotopic (exact) mass is 225 g/mol. The van der Waals surface area contributed by atoms with Crippen LogP contribution < -0.4 is 11.1 Å². The number of aromatic nitrogens is 2. The van der Waals surface area contributed by atoms with Gasteiger partial charge in [-0.1, -0.05) is 0 Å². The van der Waals surface area contributed by atoms with Crippen LogP contribution in [0, 0.1) is 11.3 Å². The maximum absolute atomic E-state index is 11.0. The largest absolute Gasteiger partial charge is 0.368 e. The average molecular weight is 226 g/mol. The summed E-state index contributed by atoms with van der Waals surface area (Å²) in [4.78, 5) is 18.4. The van der Waals surface area contributed by atoms with Crippen LogP contribution in [-0.2, 0) is 0 Å². The molecule has 1 aromatic rings. The van der Waals surface area contributed by atoms with E-state index in [4.69, 9.17) is 22.6 Å². The van der Waals surface area contributed by atoms with Gasteiger partial charge >= 0.3 is 0 Å². The molecule has 0 bridgehead atoms. The van der Waals surface area contributed by atoms with Gasteiger partial charge in [0, 0.05) is 12.7 Å². The second-order valence-electron chi connectivity index (χ2n) is 2.60. The second kappa shape index (κ2) is 5.12. The van der Waals surface area contributed by atoms with Gasteiger partial charge in [-0.15, -0.1) is 0 Å². The predicted octanol–water partition coefficient (Wildman–Crippen LogP) is 0.554. The van der Waals surface area contributed by atoms with Crippen molar-refractivity contribution in [1.29, 1.82) is 5.26 Å². The third-order valence-corrected chi connectivity index (χ3v) is 1.74. The van der Waals surface area contributed by atoms with Crippen LogP contribution in [0.25, 0.3) is 0 Å². The third kappa shape index (κ3) is 3.07. The summed E-state index contributed by atoms with van der Waals surface area (Å²) >= 11 is 5.55. The summed E-state index contributed by atoms with van der Waals surface area (Å²) in [6, 6.07) is 1.95. The Morgan fingerprint density at radius 2 is 2.47 bits per heavy atom. The van der Waals surface area contributed by atoms with Crippen molar-refractivity contribution in [1.82, 2.24) is 9.97 Å². The molecule has 0 saturated heterocycles. The molecule has 1 amide bonds. The van der Waals surface area contributed by atoms with E-state index in [0.717, 1.165) is 0 Å². The molecular formula is C8H8ClN5O. The van der Waals surface area contributed by atoms with Gasteiger partial charge in [-0.2, -0.15) is 10.2 Å². The number of carbonyl (C=O) groups is 1. The molecule has 78 valence electrons. The fraction of sp³-hybridized carbons (Fsp3) is 0.250. The summed E-state index contributed by atoms with van der Waals surface area (Å²) in [7, 11) is 0. The molecule has 1 heterocycles. The van der Waals surface area contributed by atoms with E-state index in [1.807, 2.05) is 6.07 Å². The Balaban J connectivity index is 2.88. The molecule has 0 aromatic carbocycles. The number of hydrogen-bond acceptors (Lipinski definition) is 5. The Morgan fingerprint density at radius 1 is 1.73 bits per heavy atom. The minimum atomic E-state index is -0.647. The maximum Gasteiger partial charge on any atom is 0.254 e. The first-order chi connectivity index (χ1) is 7.15.